The van der Waals surface area contributed by atoms with Gasteiger partial charge in [-0.2, -0.15) is 0 Å². The van der Waals surface area contributed by atoms with Crippen LogP contribution in [0.4, 0.5) is 0 Å². The highest BCUT2D eigenvalue weighted by Gasteiger charge is 2.46. The van der Waals surface area contributed by atoms with Crippen LogP contribution in [-0.4, -0.2) is 22.4 Å². The van der Waals surface area contributed by atoms with Crippen LogP contribution in [0.1, 0.15) is 40.0 Å². The summed E-state index contributed by atoms with van der Waals surface area (Å²) in [5, 5.41) is 20.1. The molecule has 0 aromatic rings. The van der Waals surface area contributed by atoms with Crippen LogP contribution in [0.2, 0.25) is 0 Å². The predicted octanol–water partition coefficient (Wildman–Crippen LogP) is 2.67. The van der Waals surface area contributed by atoms with Crippen molar-refractivity contribution in [3.63, 3.8) is 0 Å². The van der Waals surface area contributed by atoms with E-state index in [4.69, 9.17) is 0 Å². The fraction of sp³-hybridized carbons (Fsp3) is 0.733. The van der Waals surface area contributed by atoms with E-state index in [1.807, 2.05) is 6.08 Å². The maximum Gasteiger partial charge on any atom is 0.0762 e. The summed E-state index contributed by atoms with van der Waals surface area (Å²) in [5.41, 5.74) is 2.25. The molecule has 96 valence electrons. The summed E-state index contributed by atoms with van der Waals surface area (Å²) < 4.78 is 0. The highest BCUT2D eigenvalue weighted by atomic mass is 16.3. The number of hydrogen-bond donors (Lipinski definition) is 2. The average molecular weight is 236 g/mol. The summed E-state index contributed by atoms with van der Waals surface area (Å²) in [4.78, 5) is 0. The van der Waals surface area contributed by atoms with Crippen LogP contribution in [0.5, 0.6) is 0 Å². The molecular formula is C15H24O2. The SMILES string of the molecule is C=C(C)[C@@H]1C[C@@H](O)C2=C[C@@H](O)C[C@@H](C)[C@]2(C)C1. The number of allylic oxidation sites excluding steroid dienone is 1. The zero-order chi connectivity index (χ0) is 12.8. The smallest absolute Gasteiger partial charge is 0.0762 e. The van der Waals surface area contributed by atoms with Gasteiger partial charge in [0.05, 0.1) is 12.2 Å². The molecule has 1 fully saturated rings. The van der Waals surface area contributed by atoms with Crippen molar-refractivity contribution in [2.24, 2.45) is 17.3 Å². The van der Waals surface area contributed by atoms with Crippen molar-refractivity contribution in [1.82, 2.24) is 0 Å². The first-order valence-corrected chi connectivity index (χ1v) is 6.58. The lowest BCUT2D eigenvalue weighted by Gasteiger charge is -2.50. The van der Waals surface area contributed by atoms with Crippen LogP contribution in [-0.2, 0) is 0 Å². The first kappa shape index (κ1) is 12.8. The molecule has 0 unspecified atom stereocenters. The van der Waals surface area contributed by atoms with E-state index in [0.29, 0.717) is 11.8 Å². The molecule has 2 nitrogen and oxygen atoms in total. The average Bonchev–Trinajstić information content (AvgIpc) is 2.21. The van der Waals surface area contributed by atoms with E-state index >= 15 is 0 Å². The monoisotopic (exact) mass is 236 g/mol. The summed E-state index contributed by atoms with van der Waals surface area (Å²) in [5.74, 6) is 0.819. The molecule has 2 aliphatic carbocycles. The van der Waals surface area contributed by atoms with E-state index < -0.39 is 6.10 Å². The largest absolute Gasteiger partial charge is 0.389 e. The van der Waals surface area contributed by atoms with Crippen molar-refractivity contribution < 1.29 is 10.2 Å². The first-order chi connectivity index (χ1) is 7.84. The number of aliphatic hydroxyl groups is 2. The molecule has 0 aromatic carbocycles. The maximum absolute atomic E-state index is 10.3. The van der Waals surface area contributed by atoms with Gasteiger partial charge in [-0.15, -0.1) is 0 Å². The lowest BCUT2D eigenvalue weighted by molar-refractivity contribution is 0.0360. The Hall–Kier alpha value is -0.600. The summed E-state index contributed by atoms with van der Waals surface area (Å²) in [6.45, 7) is 10.5. The Labute approximate surface area is 104 Å². The molecule has 2 rings (SSSR count). The molecule has 2 heteroatoms. The fourth-order valence-electron chi connectivity index (χ4n) is 3.55. The number of aliphatic hydroxyl groups excluding tert-OH is 2. The molecule has 0 radical (unpaired) electrons. The molecule has 5 atom stereocenters. The Morgan fingerprint density at radius 2 is 2.06 bits per heavy atom. The van der Waals surface area contributed by atoms with Gasteiger partial charge in [0.1, 0.15) is 0 Å². The van der Waals surface area contributed by atoms with Crippen molar-refractivity contribution in [2.45, 2.75) is 52.2 Å². The Morgan fingerprint density at radius 3 is 2.65 bits per heavy atom. The van der Waals surface area contributed by atoms with Crippen LogP contribution in [0.15, 0.2) is 23.8 Å². The van der Waals surface area contributed by atoms with Gasteiger partial charge in [0.15, 0.2) is 0 Å². The van der Waals surface area contributed by atoms with Gasteiger partial charge < -0.3 is 10.2 Å². The second kappa shape index (κ2) is 4.25. The van der Waals surface area contributed by atoms with E-state index in [1.165, 1.54) is 5.57 Å². The van der Waals surface area contributed by atoms with Gasteiger partial charge >= 0.3 is 0 Å². The van der Waals surface area contributed by atoms with Crippen LogP contribution in [0.3, 0.4) is 0 Å². The third-order valence-corrected chi connectivity index (χ3v) is 4.95. The fourth-order valence-corrected chi connectivity index (χ4v) is 3.55. The summed E-state index contributed by atoms with van der Waals surface area (Å²) in [7, 11) is 0. The zero-order valence-electron chi connectivity index (χ0n) is 11.1. The van der Waals surface area contributed by atoms with Crippen molar-refractivity contribution in [1.29, 1.82) is 0 Å². The molecule has 0 heterocycles. The van der Waals surface area contributed by atoms with Gasteiger partial charge in [0, 0.05) is 0 Å². The molecule has 17 heavy (non-hydrogen) atoms. The molecule has 0 aromatic heterocycles. The number of hydrogen-bond acceptors (Lipinski definition) is 2. The molecule has 1 saturated carbocycles. The van der Waals surface area contributed by atoms with E-state index in [1.54, 1.807) is 0 Å². The van der Waals surface area contributed by atoms with Crippen LogP contribution >= 0.6 is 0 Å². The number of rotatable bonds is 1. The quantitative estimate of drug-likeness (QED) is 0.687. The first-order valence-electron chi connectivity index (χ1n) is 6.58. The zero-order valence-corrected chi connectivity index (χ0v) is 11.1. The normalized spacial score (nSPS) is 46.1. The Morgan fingerprint density at radius 1 is 1.41 bits per heavy atom. The van der Waals surface area contributed by atoms with Gasteiger partial charge in [0.25, 0.3) is 0 Å². The molecule has 2 N–H and O–H groups in total. The Balaban J connectivity index is 2.35. The van der Waals surface area contributed by atoms with Gasteiger partial charge in [-0.1, -0.05) is 32.1 Å². The van der Waals surface area contributed by atoms with Crippen LogP contribution in [0, 0.1) is 17.3 Å². The second-order valence-electron chi connectivity index (χ2n) is 6.24. The second-order valence-corrected chi connectivity index (χ2v) is 6.24. The van der Waals surface area contributed by atoms with Crippen molar-refractivity contribution in [3.05, 3.63) is 23.8 Å². The minimum atomic E-state index is -0.409. The highest BCUT2D eigenvalue weighted by Crippen LogP contribution is 2.53. The molecular weight excluding hydrogens is 212 g/mol. The van der Waals surface area contributed by atoms with Crippen LogP contribution in [0.25, 0.3) is 0 Å². The molecule has 2 aliphatic rings. The standard InChI is InChI=1S/C15H24O2/c1-9(2)11-6-14(17)13-7-12(16)5-10(3)15(13,4)8-11/h7,10-12,14,16-17H,1,5-6,8H2,2-4H3/t10-,11-,12+,14-,15+/m1/s1. The summed E-state index contributed by atoms with van der Waals surface area (Å²) in [6, 6.07) is 0. The van der Waals surface area contributed by atoms with Gasteiger partial charge in [0.2, 0.25) is 0 Å². The molecule has 0 aliphatic heterocycles. The topological polar surface area (TPSA) is 40.5 Å². The van der Waals surface area contributed by atoms with Gasteiger partial charge in [-0.3, -0.25) is 0 Å². The highest BCUT2D eigenvalue weighted by molar-refractivity contribution is 5.28. The van der Waals surface area contributed by atoms with Crippen molar-refractivity contribution in [2.75, 3.05) is 0 Å². The van der Waals surface area contributed by atoms with E-state index in [-0.39, 0.29) is 11.5 Å². The molecule has 0 amide bonds. The van der Waals surface area contributed by atoms with Crippen molar-refractivity contribution in [3.8, 4) is 0 Å². The third-order valence-electron chi connectivity index (χ3n) is 4.95. The van der Waals surface area contributed by atoms with E-state index in [9.17, 15) is 10.2 Å². The lowest BCUT2D eigenvalue weighted by Crippen LogP contribution is -2.45. The third kappa shape index (κ3) is 2.09. The Kier molecular flexibility index (Phi) is 3.21. The van der Waals surface area contributed by atoms with E-state index in [0.717, 1.165) is 24.8 Å². The van der Waals surface area contributed by atoms with Gasteiger partial charge in [-0.05, 0) is 49.0 Å². The lowest BCUT2D eigenvalue weighted by atomic mass is 9.56. The summed E-state index contributed by atoms with van der Waals surface area (Å²) in [6.07, 6.45) is 3.71. The Bertz CT molecular complexity index is 358. The predicted molar refractivity (Wildman–Crippen MR) is 69.5 cm³/mol. The van der Waals surface area contributed by atoms with E-state index in [2.05, 4.69) is 27.4 Å². The molecule has 0 bridgehead atoms. The molecule has 0 spiro atoms. The number of fused-ring (bicyclic) bond motifs is 1. The molecule has 0 saturated heterocycles. The summed E-state index contributed by atoms with van der Waals surface area (Å²) >= 11 is 0. The van der Waals surface area contributed by atoms with Crippen LogP contribution < -0.4 is 0 Å². The minimum Gasteiger partial charge on any atom is -0.389 e. The maximum atomic E-state index is 10.3. The van der Waals surface area contributed by atoms with Crippen molar-refractivity contribution >= 4 is 0 Å². The van der Waals surface area contributed by atoms with Gasteiger partial charge in [-0.25, -0.2) is 0 Å². The minimum absolute atomic E-state index is 0.0283.